The molecular formula is C15H14BrF2N. The summed E-state index contributed by atoms with van der Waals surface area (Å²) in [6, 6.07) is 11.0. The molecule has 0 amide bonds. The lowest BCUT2D eigenvalue weighted by Crippen LogP contribution is -2.17. The third-order valence-electron chi connectivity index (χ3n) is 2.91. The Hall–Kier alpha value is -1.42. The molecule has 0 spiro atoms. The van der Waals surface area contributed by atoms with Crippen LogP contribution in [0.2, 0.25) is 0 Å². The van der Waals surface area contributed by atoms with Gasteiger partial charge in [0.25, 0.3) is 0 Å². The summed E-state index contributed by atoms with van der Waals surface area (Å²) in [5, 5.41) is 0.548. The molecule has 0 heterocycles. The molecule has 0 aliphatic carbocycles. The average molecular weight is 326 g/mol. The highest BCUT2D eigenvalue weighted by atomic mass is 79.9. The van der Waals surface area contributed by atoms with Gasteiger partial charge in [0, 0.05) is 23.2 Å². The molecule has 19 heavy (non-hydrogen) atoms. The third-order valence-corrected chi connectivity index (χ3v) is 3.52. The van der Waals surface area contributed by atoms with E-state index >= 15 is 0 Å². The fourth-order valence-corrected chi connectivity index (χ4v) is 2.51. The first-order chi connectivity index (χ1) is 9.15. The third kappa shape index (κ3) is 3.13. The molecule has 2 aromatic rings. The van der Waals surface area contributed by atoms with Crippen LogP contribution in [0.25, 0.3) is 0 Å². The number of anilines is 2. The zero-order chi connectivity index (χ0) is 13.8. The summed E-state index contributed by atoms with van der Waals surface area (Å²) >= 11 is 3.36. The van der Waals surface area contributed by atoms with E-state index < -0.39 is 0 Å². The van der Waals surface area contributed by atoms with Crippen LogP contribution in [0.15, 0.2) is 42.5 Å². The molecule has 0 fully saturated rings. The molecule has 2 rings (SSSR count). The highest BCUT2D eigenvalue weighted by Crippen LogP contribution is 2.30. The second-order valence-corrected chi connectivity index (χ2v) is 4.69. The Morgan fingerprint density at radius 3 is 2.42 bits per heavy atom. The standard InChI is InChI=1S/C15H14BrF2N/c1-2-19(14-5-3-4-12(17)9-14)15-7-6-13(18)8-11(15)10-16/h3-9H,2,10H2,1H3. The Morgan fingerprint density at radius 1 is 1.05 bits per heavy atom. The predicted octanol–water partition coefficient (Wildman–Crippen LogP) is 5.02. The minimum absolute atomic E-state index is 0.270. The lowest BCUT2D eigenvalue weighted by atomic mass is 10.1. The normalized spacial score (nSPS) is 10.5. The van der Waals surface area contributed by atoms with Crippen LogP contribution in [0.5, 0.6) is 0 Å². The smallest absolute Gasteiger partial charge is 0.125 e. The molecule has 0 unspecified atom stereocenters. The monoisotopic (exact) mass is 325 g/mol. The van der Waals surface area contributed by atoms with Gasteiger partial charge >= 0.3 is 0 Å². The molecule has 0 atom stereocenters. The van der Waals surface area contributed by atoms with Gasteiger partial charge in [-0.15, -0.1) is 0 Å². The Labute approximate surface area is 120 Å². The molecule has 0 radical (unpaired) electrons. The Bertz CT molecular complexity index is 572. The summed E-state index contributed by atoms with van der Waals surface area (Å²) in [6.45, 7) is 2.65. The van der Waals surface area contributed by atoms with Crippen molar-refractivity contribution in [2.45, 2.75) is 12.3 Å². The topological polar surface area (TPSA) is 3.24 Å². The maximum atomic E-state index is 13.3. The minimum Gasteiger partial charge on any atom is -0.341 e. The van der Waals surface area contributed by atoms with E-state index in [1.54, 1.807) is 12.1 Å². The van der Waals surface area contributed by atoms with Crippen LogP contribution in [-0.4, -0.2) is 6.54 Å². The summed E-state index contributed by atoms with van der Waals surface area (Å²) in [5.41, 5.74) is 2.48. The van der Waals surface area contributed by atoms with Crippen molar-refractivity contribution >= 4 is 27.3 Å². The summed E-state index contributed by atoms with van der Waals surface area (Å²) in [6.07, 6.45) is 0. The molecule has 1 nitrogen and oxygen atoms in total. The predicted molar refractivity (Wildman–Crippen MR) is 78.1 cm³/mol. The van der Waals surface area contributed by atoms with Crippen LogP contribution in [-0.2, 0) is 5.33 Å². The SMILES string of the molecule is CCN(c1cccc(F)c1)c1ccc(F)cc1CBr. The number of nitrogens with zero attached hydrogens (tertiary/aromatic N) is 1. The van der Waals surface area contributed by atoms with E-state index in [2.05, 4.69) is 15.9 Å². The summed E-state index contributed by atoms with van der Waals surface area (Å²) in [7, 11) is 0. The number of alkyl halides is 1. The Morgan fingerprint density at radius 2 is 1.79 bits per heavy atom. The highest BCUT2D eigenvalue weighted by Gasteiger charge is 2.12. The van der Waals surface area contributed by atoms with Gasteiger partial charge < -0.3 is 4.90 Å². The van der Waals surface area contributed by atoms with E-state index in [-0.39, 0.29) is 11.6 Å². The van der Waals surface area contributed by atoms with Crippen LogP contribution >= 0.6 is 15.9 Å². The van der Waals surface area contributed by atoms with Crippen LogP contribution in [0.1, 0.15) is 12.5 Å². The number of benzene rings is 2. The van der Waals surface area contributed by atoms with Gasteiger partial charge in [-0.2, -0.15) is 0 Å². The lowest BCUT2D eigenvalue weighted by Gasteiger charge is -2.25. The largest absolute Gasteiger partial charge is 0.341 e. The van der Waals surface area contributed by atoms with Gasteiger partial charge in [0.05, 0.1) is 0 Å². The lowest BCUT2D eigenvalue weighted by molar-refractivity contribution is 0.625. The summed E-state index contributed by atoms with van der Waals surface area (Å²) in [4.78, 5) is 1.96. The van der Waals surface area contributed by atoms with Crippen molar-refractivity contribution in [3.8, 4) is 0 Å². The van der Waals surface area contributed by atoms with Gasteiger partial charge in [-0.3, -0.25) is 0 Å². The molecule has 0 saturated carbocycles. The van der Waals surface area contributed by atoms with Crippen molar-refractivity contribution in [2.24, 2.45) is 0 Å². The number of hydrogen-bond acceptors (Lipinski definition) is 1. The van der Waals surface area contributed by atoms with Gasteiger partial charge in [-0.25, -0.2) is 8.78 Å². The Kier molecular flexibility index (Phi) is 4.53. The van der Waals surface area contributed by atoms with Gasteiger partial charge in [0.2, 0.25) is 0 Å². The van der Waals surface area contributed by atoms with Gasteiger partial charge in [-0.1, -0.05) is 22.0 Å². The first kappa shape index (κ1) is 14.0. The fourth-order valence-electron chi connectivity index (χ4n) is 2.06. The molecule has 0 aromatic heterocycles. The molecule has 2 aromatic carbocycles. The van der Waals surface area contributed by atoms with E-state index in [0.717, 1.165) is 16.9 Å². The first-order valence-corrected chi connectivity index (χ1v) is 7.15. The minimum atomic E-state index is -0.279. The van der Waals surface area contributed by atoms with E-state index in [1.165, 1.54) is 24.3 Å². The highest BCUT2D eigenvalue weighted by molar-refractivity contribution is 9.08. The van der Waals surface area contributed by atoms with E-state index in [0.29, 0.717) is 11.9 Å². The molecule has 0 saturated heterocycles. The first-order valence-electron chi connectivity index (χ1n) is 6.03. The van der Waals surface area contributed by atoms with Crippen molar-refractivity contribution in [1.82, 2.24) is 0 Å². The van der Waals surface area contributed by atoms with Crippen molar-refractivity contribution in [1.29, 1.82) is 0 Å². The number of halogens is 3. The molecule has 4 heteroatoms. The molecule has 0 aliphatic heterocycles. The van der Waals surface area contributed by atoms with Crippen LogP contribution < -0.4 is 4.90 Å². The van der Waals surface area contributed by atoms with Crippen LogP contribution in [0, 0.1) is 11.6 Å². The van der Waals surface area contributed by atoms with Crippen molar-refractivity contribution in [3.05, 3.63) is 59.7 Å². The molecule has 0 N–H and O–H groups in total. The van der Waals surface area contributed by atoms with Gasteiger partial charge in [0.1, 0.15) is 11.6 Å². The van der Waals surface area contributed by atoms with E-state index in [9.17, 15) is 8.78 Å². The van der Waals surface area contributed by atoms with E-state index in [1.807, 2.05) is 17.9 Å². The summed E-state index contributed by atoms with van der Waals surface area (Å²) in [5.74, 6) is -0.549. The zero-order valence-corrected chi connectivity index (χ0v) is 12.1. The molecule has 0 aliphatic rings. The van der Waals surface area contributed by atoms with Gasteiger partial charge in [0.15, 0.2) is 0 Å². The summed E-state index contributed by atoms with van der Waals surface area (Å²) < 4.78 is 26.6. The second kappa shape index (κ2) is 6.15. The van der Waals surface area contributed by atoms with Crippen LogP contribution in [0.4, 0.5) is 20.2 Å². The maximum absolute atomic E-state index is 13.3. The zero-order valence-electron chi connectivity index (χ0n) is 10.5. The second-order valence-electron chi connectivity index (χ2n) is 4.13. The number of hydrogen-bond donors (Lipinski definition) is 0. The van der Waals surface area contributed by atoms with Gasteiger partial charge in [-0.05, 0) is 48.9 Å². The van der Waals surface area contributed by atoms with Crippen molar-refractivity contribution in [2.75, 3.05) is 11.4 Å². The molecule has 100 valence electrons. The van der Waals surface area contributed by atoms with Crippen molar-refractivity contribution < 1.29 is 8.78 Å². The van der Waals surface area contributed by atoms with E-state index in [4.69, 9.17) is 0 Å². The average Bonchev–Trinajstić information content (AvgIpc) is 2.41. The fraction of sp³-hybridized carbons (Fsp3) is 0.200. The molecular weight excluding hydrogens is 312 g/mol. The maximum Gasteiger partial charge on any atom is 0.125 e. The quantitative estimate of drug-likeness (QED) is 0.713. The van der Waals surface area contributed by atoms with Crippen LogP contribution in [0.3, 0.4) is 0 Å². The van der Waals surface area contributed by atoms with Crippen molar-refractivity contribution in [3.63, 3.8) is 0 Å². The molecule has 0 bridgehead atoms. The Balaban J connectivity index is 2.48. The number of rotatable bonds is 4.